The first kappa shape index (κ1) is 11.3. The molecular formula is C13H15NO4. The van der Waals surface area contributed by atoms with Crippen molar-refractivity contribution >= 4 is 5.91 Å². The second-order valence-corrected chi connectivity index (χ2v) is 4.58. The highest BCUT2D eigenvalue weighted by Gasteiger charge is 2.33. The number of amides is 1. The molecular weight excluding hydrogens is 234 g/mol. The van der Waals surface area contributed by atoms with Crippen LogP contribution >= 0.6 is 0 Å². The van der Waals surface area contributed by atoms with Gasteiger partial charge in [0.05, 0.1) is 18.6 Å². The fourth-order valence-corrected chi connectivity index (χ4v) is 2.44. The van der Waals surface area contributed by atoms with Gasteiger partial charge in [-0.2, -0.15) is 0 Å². The van der Waals surface area contributed by atoms with Crippen molar-refractivity contribution in [2.75, 3.05) is 19.8 Å². The summed E-state index contributed by atoms with van der Waals surface area (Å²) < 4.78 is 11.0. The van der Waals surface area contributed by atoms with Gasteiger partial charge in [0, 0.05) is 0 Å². The number of aliphatic hydroxyl groups is 1. The van der Waals surface area contributed by atoms with Gasteiger partial charge < -0.3 is 19.9 Å². The van der Waals surface area contributed by atoms with Crippen molar-refractivity contribution in [1.82, 2.24) is 5.32 Å². The van der Waals surface area contributed by atoms with Gasteiger partial charge in [0.2, 0.25) is 5.91 Å². The molecule has 18 heavy (non-hydrogen) atoms. The largest absolute Gasteiger partial charge is 0.486 e. The standard InChI is InChI=1S/C13H15NO4/c15-7-9-6-10(13(16)14-9)8-1-2-11-12(5-8)18-4-3-17-11/h1-2,5,9-10,15H,3-4,6-7H2,(H,14,16)/t9?,10-/m1/s1. The zero-order valence-corrected chi connectivity index (χ0v) is 9.89. The molecule has 5 heteroatoms. The van der Waals surface area contributed by atoms with E-state index in [1.165, 1.54) is 0 Å². The monoisotopic (exact) mass is 249 g/mol. The lowest BCUT2D eigenvalue weighted by atomic mass is 9.95. The number of fused-ring (bicyclic) bond motifs is 1. The predicted octanol–water partition coefficient (Wildman–Crippen LogP) is 0.422. The van der Waals surface area contributed by atoms with E-state index in [9.17, 15) is 4.79 Å². The summed E-state index contributed by atoms with van der Waals surface area (Å²) in [5.74, 6) is 1.17. The molecule has 1 saturated heterocycles. The van der Waals surface area contributed by atoms with Crippen LogP contribution in [0.15, 0.2) is 18.2 Å². The molecule has 2 aliphatic heterocycles. The molecule has 0 aromatic heterocycles. The third-order valence-electron chi connectivity index (χ3n) is 3.37. The van der Waals surface area contributed by atoms with E-state index in [0.717, 1.165) is 11.3 Å². The number of hydrogen-bond acceptors (Lipinski definition) is 4. The molecule has 0 radical (unpaired) electrons. The molecule has 1 aromatic carbocycles. The molecule has 2 heterocycles. The maximum absolute atomic E-state index is 11.8. The fourth-order valence-electron chi connectivity index (χ4n) is 2.44. The van der Waals surface area contributed by atoms with E-state index in [2.05, 4.69) is 5.32 Å². The van der Waals surface area contributed by atoms with E-state index in [-0.39, 0.29) is 24.5 Å². The molecule has 1 fully saturated rings. The molecule has 0 bridgehead atoms. The maximum atomic E-state index is 11.8. The number of rotatable bonds is 2. The van der Waals surface area contributed by atoms with Crippen molar-refractivity contribution < 1.29 is 19.4 Å². The number of carbonyl (C=O) groups excluding carboxylic acids is 1. The van der Waals surface area contributed by atoms with E-state index < -0.39 is 0 Å². The van der Waals surface area contributed by atoms with E-state index in [0.29, 0.717) is 25.4 Å². The van der Waals surface area contributed by atoms with Crippen LogP contribution in [-0.4, -0.2) is 36.9 Å². The van der Waals surface area contributed by atoms with Crippen molar-refractivity contribution in [3.05, 3.63) is 23.8 Å². The van der Waals surface area contributed by atoms with Crippen LogP contribution in [0.1, 0.15) is 17.9 Å². The Hall–Kier alpha value is -1.75. The van der Waals surface area contributed by atoms with Gasteiger partial charge in [-0.25, -0.2) is 0 Å². The van der Waals surface area contributed by atoms with Crippen molar-refractivity contribution in [2.45, 2.75) is 18.4 Å². The van der Waals surface area contributed by atoms with Crippen LogP contribution in [0.5, 0.6) is 11.5 Å². The Morgan fingerprint density at radius 2 is 2.06 bits per heavy atom. The van der Waals surface area contributed by atoms with Gasteiger partial charge in [0.1, 0.15) is 13.2 Å². The highest BCUT2D eigenvalue weighted by Crippen LogP contribution is 2.35. The quantitative estimate of drug-likeness (QED) is 0.797. The van der Waals surface area contributed by atoms with E-state index in [4.69, 9.17) is 14.6 Å². The Bertz CT molecular complexity index is 474. The number of carbonyl (C=O) groups is 1. The van der Waals surface area contributed by atoms with Crippen molar-refractivity contribution in [1.29, 1.82) is 0 Å². The minimum Gasteiger partial charge on any atom is -0.486 e. The Labute approximate surface area is 105 Å². The van der Waals surface area contributed by atoms with E-state index >= 15 is 0 Å². The number of aliphatic hydroxyl groups excluding tert-OH is 1. The van der Waals surface area contributed by atoms with Gasteiger partial charge in [0.15, 0.2) is 11.5 Å². The zero-order valence-electron chi connectivity index (χ0n) is 9.89. The maximum Gasteiger partial charge on any atom is 0.227 e. The summed E-state index contributed by atoms with van der Waals surface area (Å²) in [5, 5.41) is 11.9. The highest BCUT2D eigenvalue weighted by molar-refractivity contribution is 5.86. The molecule has 1 aromatic rings. The summed E-state index contributed by atoms with van der Waals surface area (Å²) in [7, 11) is 0. The third kappa shape index (κ3) is 1.90. The third-order valence-corrected chi connectivity index (χ3v) is 3.37. The second kappa shape index (κ2) is 4.49. The molecule has 2 aliphatic rings. The molecule has 0 saturated carbocycles. The van der Waals surface area contributed by atoms with E-state index in [1.807, 2.05) is 18.2 Å². The molecule has 1 amide bonds. The van der Waals surface area contributed by atoms with Crippen LogP contribution in [0.25, 0.3) is 0 Å². The summed E-state index contributed by atoms with van der Waals surface area (Å²) in [6.07, 6.45) is 0.620. The van der Waals surface area contributed by atoms with Crippen LogP contribution in [-0.2, 0) is 4.79 Å². The lowest BCUT2D eigenvalue weighted by molar-refractivity contribution is -0.120. The van der Waals surface area contributed by atoms with Crippen LogP contribution in [0.4, 0.5) is 0 Å². The number of nitrogens with one attached hydrogen (secondary N) is 1. The molecule has 5 nitrogen and oxygen atoms in total. The normalized spacial score (nSPS) is 25.9. The van der Waals surface area contributed by atoms with Crippen LogP contribution in [0.3, 0.4) is 0 Å². The Morgan fingerprint density at radius 1 is 1.28 bits per heavy atom. The topological polar surface area (TPSA) is 67.8 Å². The van der Waals surface area contributed by atoms with Gasteiger partial charge in [-0.15, -0.1) is 0 Å². The molecule has 3 rings (SSSR count). The summed E-state index contributed by atoms with van der Waals surface area (Å²) in [6.45, 7) is 1.07. The predicted molar refractivity (Wildman–Crippen MR) is 63.8 cm³/mol. The van der Waals surface area contributed by atoms with Crippen LogP contribution in [0.2, 0.25) is 0 Å². The SMILES string of the molecule is O=C1NC(CO)C[C@@H]1c1ccc2c(c1)OCCO2. The number of ether oxygens (including phenoxy) is 2. The Balaban J connectivity index is 1.86. The Morgan fingerprint density at radius 3 is 2.78 bits per heavy atom. The second-order valence-electron chi connectivity index (χ2n) is 4.58. The van der Waals surface area contributed by atoms with E-state index in [1.54, 1.807) is 0 Å². The summed E-state index contributed by atoms with van der Waals surface area (Å²) >= 11 is 0. The van der Waals surface area contributed by atoms with Crippen molar-refractivity contribution in [3.8, 4) is 11.5 Å². The van der Waals surface area contributed by atoms with Crippen molar-refractivity contribution in [2.24, 2.45) is 0 Å². The highest BCUT2D eigenvalue weighted by atomic mass is 16.6. The molecule has 0 spiro atoms. The first-order chi connectivity index (χ1) is 8.78. The lowest BCUT2D eigenvalue weighted by Gasteiger charge is -2.19. The van der Waals surface area contributed by atoms with Crippen LogP contribution in [0, 0.1) is 0 Å². The van der Waals surface area contributed by atoms with Crippen molar-refractivity contribution in [3.63, 3.8) is 0 Å². The average molecular weight is 249 g/mol. The van der Waals surface area contributed by atoms with Crippen LogP contribution < -0.4 is 14.8 Å². The fraction of sp³-hybridized carbons (Fsp3) is 0.462. The lowest BCUT2D eigenvalue weighted by Crippen LogP contribution is -2.28. The molecule has 2 atom stereocenters. The minimum absolute atomic E-state index is 0.0210. The Kier molecular flexibility index (Phi) is 2.83. The van der Waals surface area contributed by atoms with Gasteiger partial charge in [-0.3, -0.25) is 4.79 Å². The number of benzene rings is 1. The van der Waals surface area contributed by atoms with Gasteiger partial charge in [-0.1, -0.05) is 6.07 Å². The summed E-state index contributed by atoms with van der Waals surface area (Å²) in [5.41, 5.74) is 0.910. The molecule has 0 aliphatic carbocycles. The molecule has 1 unspecified atom stereocenters. The summed E-state index contributed by atoms with van der Waals surface area (Å²) in [6, 6.07) is 5.44. The zero-order chi connectivity index (χ0) is 12.5. The summed E-state index contributed by atoms with van der Waals surface area (Å²) in [4.78, 5) is 11.8. The smallest absolute Gasteiger partial charge is 0.227 e. The number of hydrogen-bond donors (Lipinski definition) is 2. The first-order valence-corrected chi connectivity index (χ1v) is 6.08. The van der Waals surface area contributed by atoms with Gasteiger partial charge in [0.25, 0.3) is 0 Å². The molecule has 2 N–H and O–H groups in total. The average Bonchev–Trinajstić information content (AvgIpc) is 2.79. The van der Waals surface area contributed by atoms with Gasteiger partial charge >= 0.3 is 0 Å². The molecule has 96 valence electrons. The minimum atomic E-state index is -0.210. The first-order valence-electron chi connectivity index (χ1n) is 6.08. The van der Waals surface area contributed by atoms with Gasteiger partial charge in [-0.05, 0) is 24.1 Å².